The molecule has 27 heavy (non-hydrogen) atoms. The Balaban J connectivity index is 1.77. The zero-order valence-electron chi connectivity index (χ0n) is 15.0. The van der Waals surface area contributed by atoms with Crippen molar-refractivity contribution >= 4 is 50.8 Å². The predicted molar refractivity (Wildman–Crippen MR) is 103 cm³/mol. The van der Waals surface area contributed by atoms with Gasteiger partial charge >= 0.3 is 5.97 Å². The molecule has 9 heteroatoms. The number of esters is 1. The van der Waals surface area contributed by atoms with Gasteiger partial charge in [0.15, 0.2) is 10.8 Å². The van der Waals surface area contributed by atoms with Gasteiger partial charge in [-0.2, -0.15) is 0 Å². The van der Waals surface area contributed by atoms with E-state index in [0.717, 1.165) is 10.9 Å². The Morgan fingerprint density at radius 3 is 2.70 bits per heavy atom. The standard InChI is InChI=1S/C18H18N4O4S/c1-10-16(17(25)26-3)21-18(27-10)20-15(24)9-22-8-7-12-13(19-11(2)23)5-4-6-14(12)22/h4-8H,9H2,1-3H3,(H,19,23)(H,20,21,24). The first kappa shape index (κ1) is 18.6. The van der Waals surface area contributed by atoms with Crippen LogP contribution < -0.4 is 10.6 Å². The minimum absolute atomic E-state index is 0.0687. The second-order valence-electron chi connectivity index (χ2n) is 5.83. The van der Waals surface area contributed by atoms with Crippen molar-refractivity contribution in [3.05, 3.63) is 41.0 Å². The minimum atomic E-state index is -0.536. The minimum Gasteiger partial charge on any atom is -0.464 e. The van der Waals surface area contributed by atoms with Crippen molar-refractivity contribution in [3.63, 3.8) is 0 Å². The molecule has 0 aliphatic rings. The van der Waals surface area contributed by atoms with E-state index < -0.39 is 5.97 Å². The highest BCUT2D eigenvalue weighted by molar-refractivity contribution is 7.16. The maximum Gasteiger partial charge on any atom is 0.357 e. The van der Waals surface area contributed by atoms with Crippen LogP contribution in [0.4, 0.5) is 10.8 Å². The van der Waals surface area contributed by atoms with Gasteiger partial charge < -0.3 is 19.9 Å². The molecule has 3 aromatic rings. The van der Waals surface area contributed by atoms with E-state index in [2.05, 4.69) is 20.4 Å². The van der Waals surface area contributed by atoms with Crippen LogP contribution in [-0.4, -0.2) is 34.4 Å². The lowest BCUT2D eigenvalue weighted by atomic mass is 10.2. The summed E-state index contributed by atoms with van der Waals surface area (Å²) in [5.74, 6) is -0.970. The number of nitrogens with one attached hydrogen (secondary N) is 2. The maximum absolute atomic E-state index is 12.4. The Labute approximate surface area is 159 Å². The second-order valence-corrected chi connectivity index (χ2v) is 7.03. The Kier molecular flexibility index (Phi) is 5.22. The van der Waals surface area contributed by atoms with Crippen molar-refractivity contribution < 1.29 is 19.1 Å². The van der Waals surface area contributed by atoms with Crippen LogP contribution >= 0.6 is 11.3 Å². The van der Waals surface area contributed by atoms with E-state index in [1.165, 1.54) is 25.4 Å². The number of ether oxygens (including phenoxy) is 1. The molecule has 0 saturated heterocycles. The van der Waals surface area contributed by atoms with E-state index in [1.54, 1.807) is 23.8 Å². The zero-order valence-corrected chi connectivity index (χ0v) is 15.8. The Bertz CT molecular complexity index is 1040. The quantitative estimate of drug-likeness (QED) is 0.657. The summed E-state index contributed by atoms with van der Waals surface area (Å²) < 4.78 is 6.44. The van der Waals surface area contributed by atoms with Gasteiger partial charge in [0.1, 0.15) is 6.54 Å². The average molecular weight is 386 g/mol. The number of nitrogens with zero attached hydrogens (tertiary/aromatic N) is 2. The number of aromatic nitrogens is 2. The fourth-order valence-corrected chi connectivity index (χ4v) is 3.53. The number of benzene rings is 1. The monoisotopic (exact) mass is 386 g/mol. The lowest BCUT2D eigenvalue weighted by Crippen LogP contribution is -2.18. The molecule has 2 N–H and O–H groups in total. The van der Waals surface area contributed by atoms with Crippen LogP contribution in [0.25, 0.3) is 10.9 Å². The number of rotatable bonds is 5. The predicted octanol–water partition coefficient (Wildman–Crippen LogP) is 2.79. The summed E-state index contributed by atoms with van der Waals surface area (Å²) >= 11 is 1.21. The first-order valence-corrected chi connectivity index (χ1v) is 8.91. The highest BCUT2D eigenvalue weighted by Gasteiger charge is 2.17. The summed E-state index contributed by atoms with van der Waals surface area (Å²) in [6, 6.07) is 7.34. The number of fused-ring (bicyclic) bond motifs is 1. The largest absolute Gasteiger partial charge is 0.464 e. The van der Waals surface area contributed by atoms with Crippen LogP contribution in [0.2, 0.25) is 0 Å². The highest BCUT2D eigenvalue weighted by atomic mass is 32.1. The molecule has 3 rings (SSSR count). The summed E-state index contributed by atoms with van der Waals surface area (Å²) in [7, 11) is 1.28. The van der Waals surface area contributed by atoms with Crippen molar-refractivity contribution in [3.8, 4) is 0 Å². The molecule has 1 aromatic carbocycles. The van der Waals surface area contributed by atoms with Gasteiger partial charge in [0.25, 0.3) is 0 Å². The number of amides is 2. The van der Waals surface area contributed by atoms with Crippen LogP contribution in [0.3, 0.4) is 0 Å². The molecule has 0 radical (unpaired) electrons. The van der Waals surface area contributed by atoms with Gasteiger partial charge in [0.2, 0.25) is 11.8 Å². The van der Waals surface area contributed by atoms with E-state index in [1.807, 2.05) is 18.2 Å². The summed E-state index contributed by atoms with van der Waals surface area (Å²) in [6.07, 6.45) is 1.78. The molecular formula is C18H18N4O4S. The Hall–Kier alpha value is -3.20. The van der Waals surface area contributed by atoms with Crippen LogP contribution in [0, 0.1) is 6.92 Å². The Morgan fingerprint density at radius 1 is 1.22 bits per heavy atom. The van der Waals surface area contributed by atoms with Gasteiger partial charge in [0.05, 0.1) is 18.3 Å². The summed E-state index contributed by atoms with van der Waals surface area (Å²) in [5, 5.41) is 6.66. The number of aryl methyl sites for hydroxylation is 1. The Morgan fingerprint density at radius 2 is 2.00 bits per heavy atom. The maximum atomic E-state index is 12.4. The van der Waals surface area contributed by atoms with Crippen LogP contribution in [0.1, 0.15) is 22.3 Å². The smallest absolute Gasteiger partial charge is 0.357 e. The van der Waals surface area contributed by atoms with Gasteiger partial charge in [-0.15, -0.1) is 11.3 Å². The molecule has 0 atom stereocenters. The van der Waals surface area contributed by atoms with Gasteiger partial charge in [-0.3, -0.25) is 9.59 Å². The van der Waals surface area contributed by atoms with Gasteiger partial charge in [-0.1, -0.05) is 6.07 Å². The SMILES string of the molecule is COC(=O)c1nc(NC(=O)Cn2ccc3c(NC(C)=O)cccc32)sc1C. The molecule has 2 aromatic heterocycles. The molecule has 0 unspecified atom stereocenters. The fourth-order valence-electron chi connectivity index (χ4n) is 2.71. The van der Waals surface area contributed by atoms with Gasteiger partial charge in [0, 0.05) is 23.4 Å². The molecule has 2 amide bonds. The lowest BCUT2D eigenvalue weighted by Gasteiger charge is -2.07. The summed E-state index contributed by atoms with van der Waals surface area (Å²) in [5.41, 5.74) is 1.71. The fraction of sp³-hybridized carbons (Fsp3) is 0.222. The molecule has 0 aliphatic carbocycles. The third kappa shape index (κ3) is 3.98. The van der Waals surface area contributed by atoms with E-state index in [9.17, 15) is 14.4 Å². The molecule has 0 spiro atoms. The number of hydrogen-bond acceptors (Lipinski definition) is 6. The highest BCUT2D eigenvalue weighted by Crippen LogP contribution is 2.25. The van der Waals surface area contributed by atoms with Crippen molar-refractivity contribution in [2.75, 3.05) is 17.7 Å². The third-order valence-corrected chi connectivity index (χ3v) is 4.75. The number of thiazole rings is 1. The molecule has 2 heterocycles. The molecule has 0 bridgehead atoms. The third-order valence-electron chi connectivity index (χ3n) is 3.86. The molecule has 140 valence electrons. The molecule has 0 aliphatic heterocycles. The van der Waals surface area contributed by atoms with E-state index in [-0.39, 0.29) is 24.1 Å². The average Bonchev–Trinajstić information content (AvgIpc) is 3.18. The first-order valence-electron chi connectivity index (χ1n) is 8.10. The van der Waals surface area contributed by atoms with Crippen LogP contribution in [0.5, 0.6) is 0 Å². The number of methoxy groups -OCH3 is 1. The van der Waals surface area contributed by atoms with Crippen molar-refractivity contribution in [2.24, 2.45) is 0 Å². The van der Waals surface area contributed by atoms with E-state index in [0.29, 0.717) is 15.7 Å². The molecule has 8 nitrogen and oxygen atoms in total. The van der Waals surface area contributed by atoms with Crippen molar-refractivity contribution in [2.45, 2.75) is 20.4 Å². The van der Waals surface area contributed by atoms with Crippen LogP contribution in [0.15, 0.2) is 30.5 Å². The van der Waals surface area contributed by atoms with Gasteiger partial charge in [-0.25, -0.2) is 9.78 Å². The van der Waals surface area contributed by atoms with Crippen molar-refractivity contribution in [1.82, 2.24) is 9.55 Å². The van der Waals surface area contributed by atoms with Crippen molar-refractivity contribution in [1.29, 1.82) is 0 Å². The number of carbonyl (C=O) groups is 3. The topological polar surface area (TPSA) is 102 Å². The zero-order chi connectivity index (χ0) is 19.6. The first-order chi connectivity index (χ1) is 12.9. The second kappa shape index (κ2) is 7.58. The summed E-state index contributed by atoms with van der Waals surface area (Å²) in [4.78, 5) is 40.1. The molecular weight excluding hydrogens is 368 g/mol. The van der Waals surface area contributed by atoms with E-state index >= 15 is 0 Å². The number of hydrogen-bond donors (Lipinski definition) is 2. The van der Waals surface area contributed by atoms with Gasteiger partial charge in [-0.05, 0) is 25.1 Å². The normalized spacial score (nSPS) is 10.6. The van der Waals surface area contributed by atoms with Crippen LogP contribution in [-0.2, 0) is 20.9 Å². The lowest BCUT2D eigenvalue weighted by molar-refractivity contribution is -0.116. The number of anilines is 2. The van der Waals surface area contributed by atoms with E-state index in [4.69, 9.17) is 0 Å². The number of carbonyl (C=O) groups excluding carboxylic acids is 3. The molecule has 0 fully saturated rings. The molecule has 0 saturated carbocycles. The summed E-state index contributed by atoms with van der Waals surface area (Å²) in [6.45, 7) is 3.25.